The highest BCUT2D eigenvalue weighted by molar-refractivity contribution is 5.50. The van der Waals surface area contributed by atoms with E-state index < -0.39 is 4.92 Å². The zero-order valence-corrected chi connectivity index (χ0v) is 12.3. The smallest absolute Gasteiger partial charge is 0.305 e. The first-order chi connectivity index (χ1) is 9.36. The Bertz CT molecular complexity index is 512. The molecule has 0 radical (unpaired) electrons. The summed E-state index contributed by atoms with van der Waals surface area (Å²) >= 11 is 0. The second-order valence-corrected chi connectivity index (χ2v) is 5.47. The second kappa shape index (κ2) is 6.85. The van der Waals surface area contributed by atoms with Gasteiger partial charge in [-0.25, -0.2) is 4.98 Å². The Balaban J connectivity index is 2.84. The molecule has 1 heterocycles. The SMILES string of the molecule is CC(C)C(CNc1ccc([N+](=O)[O-])c(C#N)n1)C(C)C. The first-order valence-electron chi connectivity index (χ1n) is 6.66. The van der Waals surface area contributed by atoms with E-state index in [9.17, 15) is 10.1 Å². The Morgan fingerprint density at radius 1 is 1.35 bits per heavy atom. The van der Waals surface area contributed by atoms with Gasteiger partial charge in [-0.3, -0.25) is 10.1 Å². The maximum absolute atomic E-state index is 10.7. The quantitative estimate of drug-likeness (QED) is 0.636. The molecule has 0 atom stereocenters. The number of pyridine rings is 1. The van der Waals surface area contributed by atoms with E-state index in [2.05, 4.69) is 38.0 Å². The molecule has 0 bridgehead atoms. The molecular formula is C14H20N4O2. The molecule has 0 spiro atoms. The first kappa shape index (κ1) is 15.9. The third kappa shape index (κ3) is 3.92. The molecule has 6 heteroatoms. The van der Waals surface area contributed by atoms with Gasteiger partial charge in [0.1, 0.15) is 11.9 Å². The minimum Gasteiger partial charge on any atom is -0.370 e. The Hall–Kier alpha value is -2.16. The van der Waals surface area contributed by atoms with Crippen LogP contribution in [-0.4, -0.2) is 16.5 Å². The molecule has 0 aliphatic rings. The van der Waals surface area contributed by atoms with E-state index >= 15 is 0 Å². The van der Waals surface area contributed by atoms with Crippen LogP contribution in [0.25, 0.3) is 0 Å². The highest BCUT2D eigenvalue weighted by Crippen LogP contribution is 2.22. The highest BCUT2D eigenvalue weighted by Gasteiger charge is 2.19. The number of anilines is 1. The van der Waals surface area contributed by atoms with Crippen molar-refractivity contribution in [1.82, 2.24) is 4.98 Å². The van der Waals surface area contributed by atoms with Crippen molar-refractivity contribution in [3.63, 3.8) is 0 Å². The van der Waals surface area contributed by atoms with Crippen molar-refractivity contribution in [3.8, 4) is 6.07 Å². The number of hydrogen-bond donors (Lipinski definition) is 1. The maximum atomic E-state index is 10.7. The first-order valence-corrected chi connectivity index (χ1v) is 6.66. The molecule has 6 nitrogen and oxygen atoms in total. The number of aromatic nitrogens is 1. The molecule has 1 aromatic rings. The number of nitriles is 1. The standard InChI is InChI=1S/C14H20N4O2/c1-9(2)11(10(3)4)8-16-14-6-5-13(18(19)20)12(7-15)17-14/h5-6,9-11H,8H2,1-4H3,(H,16,17). The van der Waals surface area contributed by atoms with Gasteiger partial charge in [0.25, 0.3) is 0 Å². The third-order valence-electron chi connectivity index (χ3n) is 3.41. The maximum Gasteiger partial charge on any atom is 0.305 e. The monoisotopic (exact) mass is 276 g/mol. The van der Waals surface area contributed by atoms with E-state index in [4.69, 9.17) is 5.26 Å². The van der Waals surface area contributed by atoms with Crippen molar-refractivity contribution in [2.24, 2.45) is 17.8 Å². The summed E-state index contributed by atoms with van der Waals surface area (Å²) < 4.78 is 0. The van der Waals surface area contributed by atoms with Crippen LogP contribution >= 0.6 is 0 Å². The third-order valence-corrected chi connectivity index (χ3v) is 3.41. The van der Waals surface area contributed by atoms with E-state index in [1.165, 1.54) is 12.1 Å². The summed E-state index contributed by atoms with van der Waals surface area (Å²) in [4.78, 5) is 14.1. The summed E-state index contributed by atoms with van der Waals surface area (Å²) in [6, 6.07) is 4.61. The average Bonchev–Trinajstić information content (AvgIpc) is 2.37. The zero-order valence-electron chi connectivity index (χ0n) is 12.3. The van der Waals surface area contributed by atoms with Gasteiger partial charge in [0.2, 0.25) is 5.69 Å². The molecule has 0 amide bonds. The van der Waals surface area contributed by atoms with Gasteiger partial charge in [-0.1, -0.05) is 27.7 Å². The fraction of sp³-hybridized carbons (Fsp3) is 0.571. The Kier molecular flexibility index (Phi) is 5.44. The van der Waals surface area contributed by atoms with Crippen LogP contribution in [0, 0.1) is 39.2 Å². The summed E-state index contributed by atoms with van der Waals surface area (Å²) in [5.74, 6) is 2.02. The molecule has 0 aromatic carbocycles. The lowest BCUT2D eigenvalue weighted by Crippen LogP contribution is -2.24. The van der Waals surface area contributed by atoms with Gasteiger partial charge < -0.3 is 5.32 Å². The van der Waals surface area contributed by atoms with Crippen LogP contribution in [0.1, 0.15) is 33.4 Å². The van der Waals surface area contributed by atoms with E-state index in [0.717, 1.165) is 6.54 Å². The lowest BCUT2D eigenvalue weighted by atomic mass is 9.85. The normalized spacial score (nSPS) is 10.9. The molecule has 0 aliphatic heterocycles. The predicted octanol–water partition coefficient (Wildman–Crippen LogP) is 3.20. The van der Waals surface area contributed by atoms with E-state index in [-0.39, 0.29) is 11.4 Å². The molecule has 108 valence electrons. The van der Waals surface area contributed by atoms with Crippen molar-refractivity contribution >= 4 is 11.5 Å². The number of hydrogen-bond acceptors (Lipinski definition) is 5. The molecule has 0 saturated carbocycles. The number of nitrogens with one attached hydrogen (secondary N) is 1. The second-order valence-electron chi connectivity index (χ2n) is 5.47. The van der Waals surface area contributed by atoms with Gasteiger partial charge in [-0.05, 0) is 23.8 Å². The minimum atomic E-state index is -0.597. The fourth-order valence-electron chi connectivity index (χ4n) is 2.24. The van der Waals surface area contributed by atoms with Crippen molar-refractivity contribution in [1.29, 1.82) is 5.26 Å². The zero-order chi connectivity index (χ0) is 15.3. The van der Waals surface area contributed by atoms with Gasteiger partial charge in [0.15, 0.2) is 0 Å². The van der Waals surface area contributed by atoms with Crippen molar-refractivity contribution in [2.45, 2.75) is 27.7 Å². The average molecular weight is 276 g/mol. The molecule has 20 heavy (non-hydrogen) atoms. The largest absolute Gasteiger partial charge is 0.370 e. The summed E-state index contributed by atoms with van der Waals surface area (Å²) in [7, 11) is 0. The number of nitro groups is 1. The predicted molar refractivity (Wildman–Crippen MR) is 77.3 cm³/mol. The molecular weight excluding hydrogens is 256 g/mol. The van der Waals surface area contributed by atoms with Gasteiger partial charge in [0.05, 0.1) is 4.92 Å². The summed E-state index contributed by atoms with van der Waals surface area (Å²) in [5.41, 5.74) is -0.423. The van der Waals surface area contributed by atoms with Crippen LogP contribution in [0.4, 0.5) is 11.5 Å². The van der Waals surface area contributed by atoms with E-state index in [0.29, 0.717) is 23.6 Å². The van der Waals surface area contributed by atoms with Gasteiger partial charge >= 0.3 is 5.69 Å². The van der Waals surface area contributed by atoms with Gasteiger partial charge in [-0.2, -0.15) is 5.26 Å². The van der Waals surface area contributed by atoms with Crippen LogP contribution in [0.3, 0.4) is 0 Å². The minimum absolute atomic E-state index is 0.161. The Morgan fingerprint density at radius 3 is 2.40 bits per heavy atom. The molecule has 0 unspecified atom stereocenters. The summed E-state index contributed by atoms with van der Waals surface area (Å²) in [5, 5.41) is 22.8. The molecule has 0 saturated heterocycles. The van der Waals surface area contributed by atoms with Crippen LogP contribution in [0.15, 0.2) is 12.1 Å². The van der Waals surface area contributed by atoms with E-state index in [1.807, 2.05) is 0 Å². The van der Waals surface area contributed by atoms with Crippen LogP contribution < -0.4 is 5.32 Å². The van der Waals surface area contributed by atoms with E-state index in [1.54, 1.807) is 6.07 Å². The summed E-state index contributed by atoms with van der Waals surface area (Å²) in [6.07, 6.45) is 0. The Labute approximate surface area is 119 Å². The van der Waals surface area contributed by atoms with Crippen molar-refractivity contribution in [3.05, 3.63) is 27.9 Å². The van der Waals surface area contributed by atoms with Crippen LogP contribution in [0.2, 0.25) is 0 Å². The van der Waals surface area contributed by atoms with Crippen LogP contribution in [-0.2, 0) is 0 Å². The van der Waals surface area contributed by atoms with Gasteiger partial charge in [-0.15, -0.1) is 0 Å². The molecule has 1 aromatic heterocycles. The Morgan fingerprint density at radius 2 is 1.95 bits per heavy atom. The number of rotatable bonds is 6. The summed E-state index contributed by atoms with van der Waals surface area (Å²) in [6.45, 7) is 9.38. The lowest BCUT2D eigenvalue weighted by molar-refractivity contribution is -0.385. The van der Waals surface area contributed by atoms with Crippen LogP contribution in [0.5, 0.6) is 0 Å². The highest BCUT2D eigenvalue weighted by atomic mass is 16.6. The topological polar surface area (TPSA) is 91.9 Å². The lowest BCUT2D eigenvalue weighted by Gasteiger charge is -2.25. The fourth-order valence-corrected chi connectivity index (χ4v) is 2.24. The van der Waals surface area contributed by atoms with Gasteiger partial charge in [0, 0.05) is 12.6 Å². The molecule has 0 fully saturated rings. The molecule has 1 rings (SSSR count). The number of nitrogens with zero attached hydrogens (tertiary/aromatic N) is 3. The van der Waals surface area contributed by atoms with Crippen molar-refractivity contribution < 1.29 is 4.92 Å². The molecule has 0 aliphatic carbocycles. The van der Waals surface area contributed by atoms with Crippen molar-refractivity contribution in [2.75, 3.05) is 11.9 Å². The molecule has 1 N–H and O–H groups in total.